The van der Waals surface area contributed by atoms with Gasteiger partial charge in [-0.3, -0.25) is 4.79 Å². The lowest BCUT2D eigenvalue weighted by Gasteiger charge is -2.18. The molecule has 1 N–H and O–H groups in total. The third-order valence-electron chi connectivity index (χ3n) is 3.27. The molecule has 0 bridgehead atoms. The van der Waals surface area contributed by atoms with Gasteiger partial charge >= 0.3 is 0 Å². The molecule has 0 spiro atoms. The molecule has 0 radical (unpaired) electrons. The van der Waals surface area contributed by atoms with Crippen LogP contribution in [0.4, 0.5) is 0 Å². The molecule has 0 heterocycles. The molecule has 1 aromatic rings. The average molecular weight is 323 g/mol. The summed E-state index contributed by atoms with van der Waals surface area (Å²) in [6.45, 7) is 11.3. The first-order chi connectivity index (χ1) is 11.1. The molecular formula is C18H29NO4. The molecule has 1 rings (SSSR count). The Morgan fingerprint density at radius 2 is 1.52 bits per heavy atom. The summed E-state index contributed by atoms with van der Waals surface area (Å²) >= 11 is 0. The molecule has 1 amide bonds. The summed E-state index contributed by atoms with van der Waals surface area (Å²) in [5, 5.41) is 3.00. The van der Waals surface area contributed by atoms with E-state index in [-0.39, 0.29) is 11.9 Å². The zero-order valence-corrected chi connectivity index (χ0v) is 14.9. The van der Waals surface area contributed by atoms with E-state index in [2.05, 4.69) is 12.2 Å². The number of amides is 1. The Morgan fingerprint density at radius 3 is 1.96 bits per heavy atom. The third kappa shape index (κ3) is 5.66. The van der Waals surface area contributed by atoms with E-state index in [1.54, 1.807) is 12.1 Å². The molecule has 5 nitrogen and oxygen atoms in total. The fraction of sp³-hybridized carbons (Fsp3) is 0.611. The van der Waals surface area contributed by atoms with Crippen LogP contribution in [0.1, 0.15) is 57.8 Å². The van der Waals surface area contributed by atoms with Gasteiger partial charge in [-0.1, -0.05) is 13.3 Å². The van der Waals surface area contributed by atoms with Crippen molar-refractivity contribution < 1.29 is 19.0 Å². The predicted molar refractivity (Wildman–Crippen MR) is 91.8 cm³/mol. The van der Waals surface area contributed by atoms with E-state index in [0.29, 0.717) is 42.6 Å². The van der Waals surface area contributed by atoms with Gasteiger partial charge in [0.25, 0.3) is 5.91 Å². The molecule has 1 aromatic carbocycles. The van der Waals surface area contributed by atoms with Gasteiger partial charge in [0, 0.05) is 11.6 Å². The minimum atomic E-state index is -0.129. The normalized spacial score (nSPS) is 11.7. The van der Waals surface area contributed by atoms with Crippen LogP contribution in [-0.2, 0) is 0 Å². The Kier molecular flexibility index (Phi) is 8.30. The molecule has 130 valence electrons. The lowest BCUT2D eigenvalue weighted by molar-refractivity contribution is 0.0937. The van der Waals surface area contributed by atoms with Crippen LogP contribution >= 0.6 is 0 Å². The maximum atomic E-state index is 12.4. The molecule has 0 fully saturated rings. The van der Waals surface area contributed by atoms with E-state index < -0.39 is 0 Å². The Morgan fingerprint density at radius 1 is 1.00 bits per heavy atom. The molecule has 0 saturated carbocycles. The van der Waals surface area contributed by atoms with E-state index in [9.17, 15) is 4.79 Å². The number of nitrogens with one attached hydrogen (secondary N) is 1. The molecule has 0 aliphatic rings. The fourth-order valence-corrected chi connectivity index (χ4v) is 2.33. The van der Waals surface area contributed by atoms with Crippen LogP contribution in [-0.4, -0.2) is 31.8 Å². The van der Waals surface area contributed by atoms with Gasteiger partial charge in [-0.05, 0) is 46.2 Å². The van der Waals surface area contributed by atoms with Crippen molar-refractivity contribution in [3.63, 3.8) is 0 Å². The van der Waals surface area contributed by atoms with Gasteiger partial charge in [0.05, 0.1) is 19.8 Å². The summed E-state index contributed by atoms with van der Waals surface area (Å²) < 4.78 is 16.9. The second kappa shape index (κ2) is 9.98. The molecular weight excluding hydrogens is 294 g/mol. The Labute approximate surface area is 139 Å². The lowest BCUT2D eigenvalue weighted by Crippen LogP contribution is -2.32. The highest BCUT2D eigenvalue weighted by Gasteiger charge is 2.19. The zero-order chi connectivity index (χ0) is 17.2. The van der Waals surface area contributed by atoms with Crippen LogP contribution in [0.25, 0.3) is 0 Å². The summed E-state index contributed by atoms with van der Waals surface area (Å²) in [4.78, 5) is 12.4. The lowest BCUT2D eigenvalue weighted by atomic mass is 10.1. The van der Waals surface area contributed by atoms with E-state index >= 15 is 0 Å². The van der Waals surface area contributed by atoms with Crippen molar-refractivity contribution >= 4 is 5.91 Å². The first kappa shape index (κ1) is 19.1. The number of hydrogen-bond donors (Lipinski definition) is 1. The van der Waals surface area contributed by atoms with Crippen molar-refractivity contribution in [2.45, 2.75) is 53.5 Å². The number of ether oxygens (including phenoxy) is 3. The highest BCUT2D eigenvalue weighted by atomic mass is 16.5. The van der Waals surface area contributed by atoms with Crippen molar-refractivity contribution in [3.05, 3.63) is 17.7 Å². The van der Waals surface area contributed by atoms with Gasteiger partial charge in [0.15, 0.2) is 11.5 Å². The van der Waals surface area contributed by atoms with Crippen molar-refractivity contribution in [1.82, 2.24) is 5.32 Å². The SMILES string of the molecule is CCCC(C)NC(=O)c1cc(OCC)c(OCC)c(OCC)c1. The molecule has 0 aliphatic heterocycles. The van der Waals surface area contributed by atoms with E-state index in [4.69, 9.17) is 14.2 Å². The minimum Gasteiger partial charge on any atom is -0.490 e. The molecule has 0 saturated heterocycles. The van der Waals surface area contributed by atoms with Crippen LogP contribution in [0.15, 0.2) is 12.1 Å². The van der Waals surface area contributed by atoms with Gasteiger partial charge < -0.3 is 19.5 Å². The second-order valence-corrected chi connectivity index (χ2v) is 5.26. The van der Waals surface area contributed by atoms with Crippen LogP contribution in [0, 0.1) is 0 Å². The molecule has 1 unspecified atom stereocenters. The Bertz CT molecular complexity index is 475. The average Bonchev–Trinajstić information content (AvgIpc) is 2.50. The number of hydrogen-bond acceptors (Lipinski definition) is 4. The van der Waals surface area contributed by atoms with Gasteiger partial charge in [-0.25, -0.2) is 0 Å². The zero-order valence-electron chi connectivity index (χ0n) is 14.9. The maximum Gasteiger partial charge on any atom is 0.251 e. The summed E-state index contributed by atoms with van der Waals surface area (Å²) in [6.07, 6.45) is 1.97. The molecule has 0 aromatic heterocycles. The van der Waals surface area contributed by atoms with Crippen LogP contribution < -0.4 is 19.5 Å². The fourth-order valence-electron chi connectivity index (χ4n) is 2.33. The molecule has 0 aliphatic carbocycles. The second-order valence-electron chi connectivity index (χ2n) is 5.26. The summed E-state index contributed by atoms with van der Waals surface area (Å²) in [5.74, 6) is 1.49. The van der Waals surface area contributed by atoms with Crippen molar-refractivity contribution in [2.24, 2.45) is 0 Å². The Hall–Kier alpha value is -1.91. The van der Waals surface area contributed by atoms with Crippen molar-refractivity contribution in [1.29, 1.82) is 0 Å². The smallest absolute Gasteiger partial charge is 0.251 e. The van der Waals surface area contributed by atoms with Crippen molar-refractivity contribution in [3.8, 4) is 17.2 Å². The van der Waals surface area contributed by atoms with Crippen molar-refractivity contribution in [2.75, 3.05) is 19.8 Å². The van der Waals surface area contributed by atoms with Crippen LogP contribution in [0.2, 0.25) is 0 Å². The van der Waals surface area contributed by atoms with E-state index in [0.717, 1.165) is 12.8 Å². The summed E-state index contributed by atoms with van der Waals surface area (Å²) in [7, 11) is 0. The first-order valence-electron chi connectivity index (χ1n) is 8.44. The highest BCUT2D eigenvalue weighted by Crippen LogP contribution is 2.39. The Balaban J connectivity index is 3.14. The minimum absolute atomic E-state index is 0.129. The summed E-state index contributed by atoms with van der Waals surface area (Å²) in [6, 6.07) is 3.56. The highest BCUT2D eigenvalue weighted by molar-refractivity contribution is 5.95. The number of carbonyl (C=O) groups is 1. The predicted octanol–water partition coefficient (Wildman–Crippen LogP) is 3.80. The summed E-state index contributed by atoms with van der Waals surface area (Å²) in [5.41, 5.74) is 0.517. The number of benzene rings is 1. The van der Waals surface area contributed by atoms with Crippen LogP contribution in [0.5, 0.6) is 17.2 Å². The monoisotopic (exact) mass is 323 g/mol. The first-order valence-corrected chi connectivity index (χ1v) is 8.44. The van der Waals surface area contributed by atoms with Gasteiger partial charge in [-0.2, -0.15) is 0 Å². The molecule has 1 atom stereocenters. The quantitative estimate of drug-likeness (QED) is 0.711. The molecule has 23 heavy (non-hydrogen) atoms. The van der Waals surface area contributed by atoms with E-state index in [1.165, 1.54) is 0 Å². The number of carbonyl (C=O) groups excluding carboxylic acids is 1. The maximum absolute atomic E-state index is 12.4. The van der Waals surface area contributed by atoms with Gasteiger partial charge in [-0.15, -0.1) is 0 Å². The standard InChI is InChI=1S/C18H29NO4/c1-6-10-13(5)19-18(20)14-11-15(21-7-2)17(23-9-4)16(12-14)22-8-3/h11-13H,6-10H2,1-5H3,(H,19,20). The van der Waals surface area contributed by atoms with Gasteiger partial charge in [0.1, 0.15) is 0 Å². The van der Waals surface area contributed by atoms with Gasteiger partial charge in [0.2, 0.25) is 5.75 Å². The van der Waals surface area contributed by atoms with Crippen LogP contribution in [0.3, 0.4) is 0 Å². The largest absolute Gasteiger partial charge is 0.490 e. The topological polar surface area (TPSA) is 56.8 Å². The molecule has 5 heteroatoms. The third-order valence-corrected chi connectivity index (χ3v) is 3.27. The number of rotatable bonds is 10. The van der Waals surface area contributed by atoms with E-state index in [1.807, 2.05) is 27.7 Å².